The van der Waals surface area contributed by atoms with Crippen LogP contribution >= 0.6 is 0 Å². The normalized spacial score (nSPS) is 29.0. The van der Waals surface area contributed by atoms with Gasteiger partial charge < -0.3 is 10.0 Å². The minimum absolute atomic E-state index is 0.0884. The quantitative estimate of drug-likeness (QED) is 0.611. The maximum absolute atomic E-state index is 12.7. The molecule has 68 valence electrons. The SMILES string of the molecule is CC(=O)N1C[C@H](F)CC1C(=O)O. The molecule has 1 aliphatic rings. The average Bonchev–Trinajstić information content (AvgIpc) is 2.31. The monoisotopic (exact) mass is 175 g/mol. The first-order chi connectivity index (χ1) is 5.52. The lowest BCUT2D eigenvalue weighted by Gasteiger charge is -2.18. The zero-order valence-corrected chi connectivity index (χ0v) is 6.66. The van der Waals surface area contributed by atoms with Gasteiger partial charge in [0.2, 0.25) is 5.91 Å². The summed E-state index contributed by atoms with van der Waals surface area (Å²) in [5.74, 6) is -1.52. The lowest BCUT2D eigenvalue weighted by molar-refractivity contribution is -0.147. The Morgan fingerprint density at radius 3 is 2.50 bits per heavy atom. The molecule has 1 N–H and O–H groups in total. The molecule has 4 nitrogen and oxygen atoms in total. The van der Waals surface area contributed by atoms with E-state index >= 15 is 0 Å². The molecule has 0 aromatic carbocycles. The predicted octanol–water partition coefficient (Wildman–Crippen LogP) is 0.0299. The molecular formula is C7H10FNO3. The third-order valence-corrected chi connectivity index (χ3v) is 1.94. The molecule has 12 heavy (non-hydrogen) atoms. The molecule has 0 bridgehead atoms. The molecule has 0 aromatic heterocycles. The van der Waals surface area contributed by atoms with E-state index in [4.69, 9.17) is 5.11 Å². The zero-order valence-electron chi connectivity index (χ0n) is 6.66. The van der Waals surface area contributed by atoms with Crippen molar-refractivity contribution in [2.75, 3.05) is 6.54 Å². The summed E-state index contributed by atoms with van der Waals surface area (Å²) in [5.41, 5.74) is 0. The van der Waals surface area contributed by atoms with Crippen molar-refractivity contribution in [1.82, 2.24) is 4.90 Å². The molecule has 0 saturated carbocycles. The van der Waals surface area contributed by atoms with Crippen LogP contribution in [0.1, 0.15) is 13.3 Å². The second-order valence-corrected chi connectivity index (χ2v) is 2.86. The maximum atomic E-state index is 12.7. The predicted molar refractivity (Wildman–Crippen MR) is 38.3 cm³/mol. The zero-order chi connectivity index (χ0) is 9.30. The second kappa shape index (κ2) is 3.08. The van der Waals surface area contributed by atoms with Crippen LogP contribution in [-0.2, 0) is 9.59 Å². The topological polar surface area (TPSA) is 57.6 Å². The summed E-state index contributed by atoms with van der Waals surface area (Å²) < 4.78 is 12.7. The molecule has 0 aromatic rings. The van der Waals surface area contributed by atoms with Gasteiger partial charge in [-0.3, -0.25) is 4.79 Å². The summed E-state index contributed by atoms with van der Waals surface area (Å²) in [6.07, 6.45) is -1.29. The summed E-state index contributed by atoms with van der Waals surface area (Å²) in [6, 6.07) is -0.975. The van der Waals surface area contributed by atoms with Gasteiger partial charge in [-0.2, -0.15) is 0 Å². The first kappa shape index (κ1) is 8.96. The summed E-state index contributed by atoms with van der Waals surface area (Å²) >= 11 is 0. The molecule has 0 aliphatic carbocycles. The largest absolute Gasteiger partial charge is 0.480 e. The van der Waals surface area contributed by atoms with Gasteiger partial charge in [-0.05, 0) is 0 Å². The van der Waals surface area contributed by atoms with E-state index in [1.54, 1.807) is 0 Å². The number of carbonyl (C=O) groups is 2. The van der Waals surface area contributed by atoms with Crippen LogP contribution in [0.3, 0.4) is 0 Å². The molecule has 1 saturated heterocycles. The molecule has 1 aliphatic heterocycles. The van der Waals surface area contributed by atoms with E-state index in [1.165, 1.54) is 6.92 Å². The number of nitrogens with zero attached hydrogens (tertiary/aromatic N) is 1. The maximum Gasteiger partial charge on any atom is 0.326 e. The van der Waals surface area contributed by atoms with Crippen molar-refractivity contribution in [3.63, 3.8) is 0 Å². The van der Waals surface area contributed by atoms with Crippen LogP contribution in [0, 0.1) is 0 Å². The minimum Gasteiger partial charge on any atom is -0.480 e. The summed E-state index contributed by atoms with van der Waals surface area (Å²) in [5, 5.41) is 8.59. The Balaban J connectivity index is 2.72. The first-order valence-electron chi connectivity index (χ1n) is 3.66. The van der Waals surface area contributed by atoms with Crippen LogP contribution in [0.5, 0.6) is 0 Å². The smallest absolute Gasteiger partial charge is 0.326 e. The van der Waals surface area contributed by atoms with Crippen molar-refractivity contribution >= 4 is 11.9 Å². The Morgan fingerprint density at radius 1 is 1.58 bits per heavy atom. The van der Waals surface area contributed by atoms with E-state index in [0.29, 0.717) is 0 Å². The highest BCUT2D eigenvalue weighted by molar-refractivity contribution is 5.83. The fourth-order valence-corrected chi connectivity index (χ4v) is 1.37. The van der Waals surface area contributed by atoms with Crippen molar-refractivity contribution in [3.8, 4) is 0 Å². The number of alkyl halides is 1. The van der Waals surface area contributed by atoms with E-state index in [-0.39, 0.29) is 18.9 Å². The van der Waals surface area contributed by atoms with Crippen LogP contribution in [0.4, 0.5) is 4.39 Å². The lowest BCUT2D eigenvalue weighted by atomic mass is 10.2. The van der Waals surface area contributed by atoms with Crippen LogP contribution in [0.15, 0.2) is 0 Å². The number of carboxylic acid groups (broad SMARTS) is 1. The second-order valence-electron chi connectivity index (χ2n) is 2.86. The van der Waals surface area contributed by atoms with E-state index in [9.17, 15) is 14.0 Å². The first-order valence-corrected chi connectivity index (χ1v) is 3.66. The van der Waals surface area contributed by atoms with Gasteiger partial charge >= 0.3 is 5.97 Å². The fraction of sp³-hybridized carbons (Fsp3) is 0.714. The van der Waals surface area contributed by atoms with E-state index < -0.39 is 18.2 Å². The summed E-state index contributed by atoms with van der Waals surface area (Å²) in [6.45, 7) is 1.15. The van der Waals surface area contributed by atoms with E-state index in [2.05, 4.69) is 0 Å². The Morgan fingerprint density at radius 2 is 2.17 bits per heavy atom. The molecular weight excluding hydrogens is 165 g/mol. The number of hydrogen-bond donors (Lipinski definition) is 1. The van der Waals surface area contributed by atoms with Gasteiger partial charge in [0.05, 0.1) is 6.54 Å². The standard InChI is InChI=1S/C7H10FNO3/c1-4(10)9-3-5(8)2-6(9)7(11)12/h5-6H,2-3H2,1H3,(H,11,12)/t5-,6?/m1/s1. The van der Waals surface area contributed by atoms with Crippen molar-refractivity contribution in [1.29, 1.82) is 0 Å². The number of likely N-dealkylation sites (tertiary alicyclic amines) is 1. The van der Waals surface area contributed by atoms with Gasteiger partial charge in [0.15, 0.2) is 0 Å². The number of rotatable bonds is 1. The molecule has 1 fully saturated rings. The van der Waals surface area contributed by atoms with E-state index in [0.717, 1.165) is 4.90 Å². The van der Waals surface area contributed by atoms with Gasteiger partial charge in [0.1, 0.15) is 12.2 Å². The number of aliphatic carboxylic acids is 1. The highest BCUT2D eigenvalue weighted by atomic mass is 19.1. The van der Waals surface area contributed by atoms with Gasteiger partial charge in [0.25, 0.3) is 0 Å². The number of amides is 1. The number of carboxylic acids is 1. The molecule has 2 atom stereocenters. The molecule has 1 amide bonds. The molecule has 0 radical (unpaired) electrons. The third kappa shape index (κ3) is 1.54. The van der Waals surface area contributed by atoms with Gasteiger partial charge in [-0.25, -0.2) is 9.18 Å². The molecule has 5 heteroatoms. The summed E-state index contributed by atoms with van der Waals surface area (Å²) in [4.78, 5) is 22.4. The fourth-order valence-electron chi connectivity index (χ4n) is 1.37. The van der Waals surface area contributed by atoms with Crippen LogP contribution < -0.4 is 0 Å². The molecule has 0 spiro atoms. The van der Waals surface area contributed by atoms with Gasteiger partial charge in [0, 0.05) is 13.3 Å². The minimum atomic E-state index is -1.20. The van der Waals surface area contributed by atoms with Gasteiger partial charge in [-0.15, -0.1) is 0 Å². The number of halogens is 1. The highest BCUT2D eigenvalue weighted by Crippen LogP contribution is 2.20. The van der Waals surface area contributed by atoms with Crippen LogP contribution in [0.25, 0.3) is 0 Å². The summed E-state index contributed by atoms with van der Waals surface area (Å²) in [7, 11) is 0. The third-order valence-electron chi connectivity index (χ3n) is 1.94. The van der Waals surface area contributed by atoms with Crippen molar-refractivity contribution < 1.29 is 19.1 Å². The average molecular weight is 175 g/mol. The van der Waals surface area contributed by atoms with Crippen LogP contribution in [-0.4, -0.2) is 40.6 Å². The molecule has 1 heterocycles. The Bertz CT molecular complexity index is 197. The molecule has 1 unspecified atom stereocenters. The molecule has 1 rings (SSSR count). The Kier molecular flexibility index (Phi) is 2.30. The van der Waals surface area contributed by atoms with Gasteiger partial charge in [-0.1, -0.05) is 0 Å². The van der Waals surface area contributed by atoms with Crippen molar-refractivity contribution in [3.05, 3.63) is 0 Å². The van der Waals surface area contributed by atoms with Crippen LogP contribution in [0.2, 0.25) is 0 Å². The van der Waals surface area contributed by atoms with E-state index in [1.807, 2.05) is 0 Å². The number of carbonyl (C=O) groups excluding carboxylic acids is 1. The highest BCUT2D eigenvalue weighted by Gasteiger charge is 2.38. The van der Waals surface area contributed by atoms with Crippen molar-refractivity contribution in [2.24, 2.45) is 0 Å². The Hall–Kier alpha value is -1.13. The lowest BCUT2D eigenvalue weighted by Crippen LogP contribution is -2.39. The number of hydrogen-bond acceptors (Lipinski definition) is 2. The Labute approximate surface area is 69.0 Å². The van der Waals surface area contributed by atoms with Crippen molar-refractivity contribution in [2.45, 2.75) is 25.6 Å².